The Labute approximate surface area is 66.4 Å². The SMILES string of the molecule is CCOCc1cccc(O)c1. The second kappa shape index (κ2) is 3.98. The van der Waals surface area contributed by atoms with Gasteiger partial charge >= 0.3 is 0 Å². The van der Waals surface area contributed by atoms with E-state index in [4.69, 9.17) is 9.84 Å². The Morgan fingerprint density at radius 1 is 1.45 bits per heavy atom. The van der Waals surface area contributed by atoms with Crippen LogP contribution in [-0.4, -0.2) is 11.7 Å². The first-order valence-electron chi connectivity index (χ1n) is 3.68. The van der Waals surface area contributed by atoms with Crippen LogP contribution in [-0.2, 0) is 11.3 Å². The zero-order valence-electron chi connectivity index (χ0n) is 6.58. The highest BCUT2D eigenvalue weighted by Gasteiger charge is 1.92. The minimum Gasteiger partial charge on any atom is -0.508 e. The van der Waals surface area contributed by atoms with Crippen LogP contribution in [0.1, 0.15) is 12.5 Å². The van der Waals surface area contributed by atoms with Crippen LogP contribution >= 0.6 is 0 Å². The summed E-state index contributed by atoms with van der Waals surface area (Å²) in [6.45, 7) is 3.23. The topological polar surface area (TPSA) is 29.5 Å². The summed E-state index contributed by atoms with van der Waals surface area (Å²) in [5.41, 5.74) is 1.01. The van der Waals surface area contributed by atoms with Crippen LogP contribution in [0.3, 0.4) is 0 Å². The summed E-state index contributed by atoms with van der Waals surface area (Å²) in [4.78, 5) is 0. The number of rotatable bonds is 3. The maximum absolute atomic E-state index is 9.06. The number of hydrogen-bond acceptors (Lipinski definition) is 2. The third-order valence-corrected chi connectivity index (χ3v) is 1.38. The van der Waals surface area contributed by atoms with Gasteiger partial charge in [-0.2, -0.15) is 0 Å². The van der Waals surface area contributed by atoms with Crippen molar-refractivity contribution in [2.24, 2.45) is 0 Å². The lowest BCUT2D eigenvalue weighted by molar-refractivity contribution is 0.134. The highest BCUT2D eigenvalue weighted by atomic mass is 16.5. The number of hydrogen-bond donors (Lipinski definition) is 1. The molecule has 2 heteroatoms. The van der Waals surface area contributed by atoms with E-state index in [2.05, 4.69) is 0 Å². The standard InChI is InChI=1S/C9H12O2/c1-2-11-7-8-4-3-5-9(10)6-8/h3-6,10H,2,7H2,1H3. The molecule has 0 saturated heterocycles. The predicted octanol–water partition coefficient (Wildman–Crippen LogP) is 1.93. The van der Waals surface area contributed by atoms with Crippen LogP contribution < -0.4 is 0 Å². The van der Waals surface area contributed by atoms with Gasteiger partial charge in [-0.15, -0.1) is 0 Å². The number of aromatic hydroxyl groups is 1. The molecule has 0 aliphatic rings. The molecule has 2 nitrogen and oxygen atoms in total. The van der Waals surface area contributed by atoms with Gasteiger partial charge in [0.2, 0.25) is 0 Å². The second-order valence-electron chi connectivity index (χ2n) is 2.31. The van der Waals surface area contributed by atoms with Gasteiger partial charge in [0.05, 0.1) is 6.61 Å². The molecule has 1 aromatic carbocycles. The molecule has 1 rings (SSSR count). The fourth-order valence-corrected chi connectivity index (χ4v) is 0.866. The van der Waals surface area contributed by atoms with E-state index in [9.17, 15) is 0 Å². The minimum atomic E-state index is 0.294. The molecule has 0 bridgehead atoms. The van der Waals surface area contributed by atoms with Crippen molar-refractivity contribution < 1.29 is 9.84 Å². The van der Waals surface area contributed by atoms with Gasteiger partial charge in [0.1, 0.15) is 5.75 Å². The third-order valence-electron chi connectivity index (χ3n) is 1.38. The number of phenols is 1. The molecule has 0 aliphatic heterocycles. The van der Waals surface area contributed by atoms with Crippen molar-refractivity contribution in [3.05, 3.63) is 29.8 Å². The first kappa shape index (κ1) is 8.08. The van der Waals surface area contributed by atoms with E-state index in [0.717, 1.165) is 5.56 Å². The Morgan fingerprint density at radius 3 is 2.91 bits per heavy atom. The molecule has 0 unspecified atom stereocenters. The van der Waals surface area contributed by atoms with E-state index in [1.807, 2.05) is 19.1 Å². The van der Waals surface area contributed by atoms with Crippen molar-refractivity contribution in [1.82, 2.24) is 0 Å². The van der Waals surface area contributed by atoms with Gasteiger partial charge < -0.3 is 9.84 Å². The van der Waals surface area contributed by atoms with Crippen LogP contribution in [0, 0.1) is 0 Å². The summed E-state index contributed by atoms with van der Waals surface area (Å²) in [5.74, 6) is 0.294. The molecule has 0 aromatic heterocycles. The molecule has 0 radical (unpaired) electrons. The maximum atomic E-state index is 9.06. The van der Waals surface area contributed by atoms with Crippen LogP contribution in [0.5, 0.6) is 5.75 Å². The van der Waals surface area contributed by atoms with Crippen molar-refractivity contribution in [2.75, 3.05) is 6.61 Å². The first-order chi connectivity index (χ1) is 5.33. The second-order valence-corrected chi connectivity index (χ2v) is 2.31. The van der Waals surface area contributed by atoms with E-state index >= 15 is 0 Å². The molecule has 1 N–H and O–H groups in total. The maximum Gasteiger partial charge on any atom is 0.115 e. The van der Waals surface area contributed by atoms with Crippen LogP contribution in [0.2, 0.25) is 0 Å². The molecule has 0 spiro atoms. The Hall–Kier alpha value is -1.02. The number of ether oxygens (including phenoxy) is 1. The van der Waals surface area contributed by atoms with E-state index < -0.39 is 0 Å². The monoisotopic (exact) mass is 152 g/mol. The molecular weight excluding hydrogens is 140 g/mol. The fraction of sp³-hybridized carbons (Fsp3) is 0.333. The molecule has 0 aliphatic carbocycles. The first-order valence-corrected chi connectivity index (χ1v) is 3.68. The van der Waals surface area contributed by atoms with Gasteiger partial charge in [-0.3, -0.25) is 0 Å². The van der Waals surface area contributed by atoms with Crippen molar-refractivity contribution in [1.29, 1.82) is 0 Å². The summed E-state index contributed by atoms with van der Waals surface area (Å²) in [5, 5.41) is 9.06. The molecule has 0 amide bonds. The molecule has 0 atom stereocenters. The number of phenolic OH excluding ortho intramolecular Hbond substituents is 1. The Bertz CT molecular complexity index is 221. The van der Waals surface area contributed by atoms with Crippen molar-refractivity contribution in [2.45, 2.75) is 13.5 Å². The average molecular weight is 152 g/mol. The lowest BCUT2D eigenvalue weighted by Gasteiger charge is -2.00. The van der Waals surface area contributed by atoms with Gasteiger partial charge in [-0.1, -0.05) is 12.1 Å². The molecule has 60 valence electrons. The minimum absolute atomic E-state index is 0.294. The Morgan fingerprint density at radius 2 is 2.27 bits per heavy atom. The Kier molecular flexibility index (Phi) is 2.93. The molecule has 11 heavy (non-hydrogen) atoms. The van der Waals surface area contributed by atoms with Gasteiger partial charge in [-0.25, -0.2) is 0 Å². The van der Waals surface area contributed by atoms with Crippen LogP contribution in [0.4, 0.5) is 0 Å². The zero-order chi connectivity index (χ0) is 8.10. The van der Waals surface area contributed by atoms with Gasteiger partial charge in [0.25, 0.3) is 0 Å². The zero-order valence-corrected chi connectivity index (χ0v) is 6.58. The van der Waals surface area contributed by atoms with Gasteiger partial charge in [0.15, 0.2) is 0 Å². The Balaban J connectivity index is 2.56. The highest BCUT2D eigenvalue weighted by Crippen LogP contribution is 2.11. The van der Waals surface area contributed by atoms with Crippen LogP contribution in [0.25, 0.3) is 0 Å². The van der Waals surface area contributed by atoms with E-state index in [1.165, 1.54) is 0 Å². The van der Waals surface area contributed by atoms with Crippen LogP contribution in [0.15, 0.2) is 24.3 Å². The van der Waals surface area contributed by atoms with Gasteiger partial charge in [0, 0.05) is 6.61 Å². The van der Waals surface area contributed by atoms with Crippen molar-refractivity contribution >= 4 is 0 Å². The third kappa shape index (κ3) is 2.60. The molecular formula is C9H12O2. The molecule has 0 saturated carbocycles. The predicted molar refractivity (Wildman–Crippen MR) is 43.4 cm³/mol. The quantitative estimate of drug-likeness (QED) is 0.717. The molecule has 0 heterocycles. The summed E-state index contributed by atoms with van der Waals surface area (Å²) >= 11 is 0. The molecule has 0 fully saturated rings. The van der Waals surface area contributed by atoms with Crippen molar-refractivity contribution in [3.8, 4) is 5.75 Å². The highest BCUT2D eigenvalue weighted by molar-refractivity contribution is 5.26. The average Bonchev–Trinajstić information content (AvgIpc) is 2.01. The smallest absolute Gasteiger partial charge is 0.115 e. The fourth-order valence-electron chi connectivity index (χ4n) is 0.866. The summed E-state index contributed by atoms with van der Waals surface area (Å²) in [7, 11) is 0. The van der Waals surface area contributed by atoms with Crippen molar-refractivity contribution in [3.63, 3.8) is 0 Å². The lowest BCUT2D eigenvalue weighted by Crippen LogP contribution is -1.90. The van der Waals surface area contributed by atoms with E-state index in [1.54, 1.807) is 12.1 Å². The van der Waals surface area contributed by atoms with E-state index in [-0.39, 0.29) is 0 Å². The lowest BCUT2D eigenvalue weighted by atomic mass is 10.2. The van der Waals surface area contributed by atoms with Gasteiger partial charge in [-0.05, 0) is 24.6 Å². The summed E-state index contributed by atoms with van der Waals surface area (Å²) < 4.78 is 5.16. The summed E-state index contributed by atoms with van der Waals surface area (Å²) in [6, 6.07) is 7.09. The summed E-state index contributed by atoms with van der Waals surface area (Å²) in [6.07, 6.45) is 0. The van der Waals surface area contributed by atoms with E-state index in [0.29, 0.717) is 19.0 Å². The normalized spacial score (nSPS) is 9.91. The molecule has 1 aromatic rings. The number of benzene rings is 1. The largest absolute Gasteiger partial charge is 0.508 e.